The summed E-state index contributed by atoms with van der Waals surface area (Å²) in [7, 11) is 0. The molecule has 4 N–H and O–H groups in total. The third-order valence-electron chi connectivity index (χ3n) is 5.28. The molecule has 3 aromatic rings. The highest BCUT2D eigenvalue weighted by molar-refractivity contribution is 5.99. The fourth-order valence-electron chi connectivity index (χ4n) is 3.50. The maximum absolute atomic E-state index is 12.6. The van der Waals surface area contributed by atoms with Crippen molar-refractivity contribution in [3.05, 3.63) is 64.5 Å². The van der Waals surface area contributed by atoms with Crippen molar-refractivity contribution in [2.75, 3.05) is 5.73 Å². The van der Waals surface area contributed by atoms with Gasteiger partial charge in [0.1, 0.15) is 5.82 Å². The van der Waals surface area contributed by atoms with Crippen LogP contribution in [0.15, 0.2) is 36.5 Å². The Bertz CT molecular complexity index is 1150. The smallest absolute Gasteiger partial charge is 0.393 e. The monoisotopic (exact) mass is 476 g/mol. The number of rotatable bonds is 5. The van der Waals surface area contributed by atoms with Gasteiger partial charge >= 0.3 is 6.18 Å². The number of fused-ring (bicyclic) bond motifs is 3. The largest absolute Gasteiger partial charge is 0.417 e. The lowest BCUT2D eigenvalue weighted by molar-refractivity contribution is -0.137. The zero-order chi connectivity index (χ0) is 24.9. The Balaban J connectivity index is 0.000000481. The van der Waals surface area contributed by atoms with Gasteiger partial charge in [-0.25, -0.2) is 4.98 Å². The van der Waals surface area contributed by atoms with Crippen LogP contribution >= 0.6 is 0 Å². The maximum atomic E-state index is 12.6. The van der Waals surface area contributed by atoms with Gasteiger partial charge in [-0.05, 0) is 49.2 Å². The van der Waals surface area contributed by atoms with E-state index in [9.17, 15) is 18.0 Å². The average Bonchev–Trinajstić information content (AvgIpc) is 3.28. The summed E-state index contributed by atoms with van der Waals surface area (Å²) in [5.74, 6) is 0.0543. The summed E-state index contributed by atoms with van der Waals surface area (Å²) in [6.07, 6.45) is -1.79. The number of hydrogen-bond acceptors (Lipinski definition) is 6. The molecule has 0 spiro atoms. The summed E-state index contributed by atoms with van der Waals surface area (Å²) < 4.78 is 43.1. The first-order valence-corrected chi connectivity index (χ1v) is 10.9. The molecule has 2 aromatic heterocycles. The van der Waals surface area contributed by atoms with E-state index in [2.05, 4.69) is 22.2 Å². The SMILES string of the molecule is CCCC(C)O.Nc1nc2ccc(C(=O)NCc3ccc(C(F)(F)F)cn3)cc2c2c1COC2. The Morgan fingerprint density at radius 3 is 2.56 bits per heavy atom. The summed E-state index contributed by atoms with van der Waals surface area (Å²) in [6.45, 7) is 4.67. The number of aromatic nitrogens is 2. The Morgan fingerprint density at radius 2 is 1.97 bits per heavy atom. The van der Waals surface area contributed by atoms with Crippen LogP contribution in [0.5, 0.6) is 0 Å². The highest BCUT2D eigenvalue weighted by Crippen LogP contribution is 2.31. The van der Waals surface area contributed by atoms with Crippen LogP contribution in [0.1, 0.15) is 59.4 Å². The minimum Gasteiger partial charge on any atom is -0.393 e. The van der Waals surface area contributed by atoms with Crippen LogP contribution in [0.2, 0.25) is 0 Å². The lowest BCUT2D eigenvalue weighted by atomic mass is 10.0. The first-order chi connectivity index (χ1) is 16.1. The number of hydrogen-bond donors (Lipinski definition) is 3. The molecule has 0 radical (unpaired) electrons. The molecule has 1 aliphatic rings. The number of nitrogens with two attached hydrogens (primary N) is 1. The molecule has 1 atom stereocenters. The second-order valence-corrected chi connectivity index (χ2v) is 8.04. The van der Waals surface area contributed by atoms with E-state index in [4.69, 9.17) is 15.6 Å². The molecule has 10 heteroatoms. The number of carbonyl (C=O) groups excluding carboxylic acids is 1. The third kappa shape index (κ3) is 6.21. The Morgan fingerprint density at radius 1 is 1.24 bits per heavy atom. The van der Waals surface area contributed by atoms with Crippen molar-refractivity contribution in [1.82, 2.24) is 15.3 Å². The molecule has 1 unspecified atom stereocenters. The number of carbonyl (C=O) groups is 1. The van der Waals surface area contributed by atoms with Gasteiger partial charge in [0, 0.05) is 22.7 Å². The van der Waals surface area contributed by atoms with Crippen LogP contribution in [-0.4, -0.2) is 27.1 Å². The zero-order valence-corrected chi connectivity index (χ0v) is 18.9. The number of halogens is 3. The van der Waals surface area contributed by atoms with Gasteiger partial charge < -0.3 is 20.9 Å². The predicted octanol–water partition coefficient (Wildman–Crippen LogP) is 4.36. The second kappa shape index (κ2) is 10.8. The Hall–Kier alpha value is -3.24. The van der Waals surface area contributed by atoms with Crippen molar-refractivity contribution in [3.63, 3.8) is 0 Å². The van der Waals surface area contributed by atoms with E-state index in [0.717, 1.165) is 41.6 Å². The van der Waals surface area contributed by atoms with E-state index in [0.29, 0.717) is 35.8 Å². The fraction of sp³-hybridized carbons (Fsp3) is 0.375. The van der Waals surface area contributed by atoms with E-state index < -0.39 is 11.7 Å². The normalized spacial score (nSPS) is 13.7. The number of benzene rings is 1. The second-order valence-electron chi connectivity index (χ2n) is 8.04. The molecule has 0 fully saturated rings. The lowest BCUT2D eigenvalue weighted by Crippen LogP contribution is -2.23. The molecule has 7 nitrogen and oxygen atoms in total. The minimum absolute atomic E-state index is 0.0101. The van der Waals surface area contributed by atoms with Crippen LogP contribution in [0.25, 0.3) is 10.9 Å². The van der Waals surface area contributed by atoms with E-state index in [1.807, 2.05) is 6.92 Å². The molecule has 0 bridgehead atoms. The fourth-order valence-corrected chi connectivity index (χ4v) is 3.50. The number of aliphatic hydroxyl groups excluding tert-OH is 1. The number of alkyl halides is 3. The standard InChI is InChI=1S/C19H15F3N4O2.C5H12O/c20-19(21,22)11-2-3-12(24-6-11)7-25-18(27)10-1-4-16-13(5-10)14-8-28-9-15(14)17(23)26-16;1-3-4-5(2)6/h1-6H,7-9H2,(H2,23,26)(H,25,27);5-6H,3-4H2,1-2H3. The molecule has 1 aliphatic heterocycles. The van der Waals surface area contributed by atoms with Crippen LogP contribution in [0, 0.1) is 0 Å². The molecule has 4 rings (SSSR count). The van der Waals surface area contributed by atoms with Gasteiger partial charge in [0.05, 0.1) is 42.6 Å². The summed E-state index contributed by atoms with van der Waals surface area (Å²) in [5, 5.41) is 12.0. The molecule has 182 valence electrons. The van der Waals surface area contributed by atoms with Gasteiger partial charge in [0.25, 0.3) is 5.91 Å². The van der Waals surface area contributed by atoms with Crippen LogP contribution in [-0.2, 0) is 30.7 Å². The molecule has 1 aromatic carbocycles. The van der Waals surface area contributed by atoms with E-state index in [1.54, 1.807) is 18.2 Å². The first-order valence-electron chi connectivity index (χ1n) is 10.9. The maximum Gasteiger partial charge on any atom is 0.417 e. The zero-order valence-electron chi connectivity index (χ0n) is 18.9. The summed E-state index contributed by atoms with van der Waals surface area (Å²) in [4.78, 5) is 20.5. The van der Waals surface area contributed by atoms with Crippen LogP contribution in [0.4, 0.5) is 19.0 Å². The van der Waals surface area contributed by atoms with Crippen molar-refractivity contribution in [3.8, 4) is 0 Å². The first kappa shape index (κ1) is 25.4. The van der Waals surface area contributed by atoms with Gasteiger partial charge in [-0.15, -0.1) is 0 Å². The van der Waals surface area contributed by atoms with Crippen LogP contribution in [0.3, 0.4) is 0 Å². The predicted molar refractivity (Wildman–Crippen MR) is 122 cm³/mol. The molecule has 0 saturated heterocycles. The Labute approximate surface area is 195 Å². The number of nitrogens with one attached hydrogen (secondary N) is 1. The number of nitrogens with zero attached hydrogens (tertiary/aromatic N) is 2. The van der Waals surface area contributed by atoms with Crippen molar-refractivity contribution in [1.29, 1.82) is 0 Å². The van der Waals surface area contributed by atoms with Crippen molar-refractivity contribution >= 4 is 22.6 Å². The summed E-state index contributed by atoms with van der Waals surface area (Å²) in [5.41, 5.74) is 8.25. The van der Waals surface area contributed by atoms with Gasteiger partial charge in [0.2, 0.25) is 0 Å². The molecule has 3 heterocycles. The number of aliphatic hydroxyl groups is 1. The highest BCUT2D eigenvalue weighted by Gasteiger charge is 2.30. The number of anilines is 1. The summed E-state index contributed by atoms with van der Waals surface area (Å²) >= 11 is 0. The Kier molecular flexibility index (Phi) is 8.06. The molecular formula is C24H27F3N4O3. The molecule has 0 saturated carbocycles. The molecule has 0 aliphatic carbocycles. The van der Waals surface area contributed by atoms with Gasteiger partial charge in [-0.3, -0.25) is 9.78 Å². The van der Waals surface area contributed by atoms with Gasteiger partial charge in [-0.2, -0.15) is 13.2 Å². The number of ether oxygens (including phenoxy) is 1. The van der Waals surface area contributed by atoms with Gasteiger partial charge in [0.15, 0.2) is 0 Å². The van der Waals surface area contributed by atoms with E-state index in [-0.39, 0.29) is 18.6 Å². The van der Waals surface area contributed by atoms with Crippen molar-refractivity contribution < 1.29 is 27.8 Å². The van der Waals surface area contributed by atoms with E-state index in [1.165, 1.54) is 6.07 Å². The van der Waals surface area contributed by atoms with Crippen LogP contribution < -0.4 is 11.1 Å². The molecular weight excluding hydrogens is 449 g/mol. The van der Waals surface area contributed by atoms with Crippen molar-refractivity contribution in [2.45, 2.75) is 58.7 Å². The minimum atomic E-state index is -4.44. The highest BCUT2D eigenvalue weighted by atomic mass is 19.4. The van der Waals surface area contributed by atoms with Crippen molar-refractivity contribution in [2.24, 2.45) is 0 Å². The lowest BCUT2D eigenvalue weighted by Gasteiger charge is -2.10. The molecule has 34 heavy (non-hydrogen) atoms. The number of pyridine rings is 2. The topological polar surface area (TPSA) is 110 Å². The van der Waals surface area contributed by atoms with E-state index >= 15 is 0 Å². The number of nitrogen functional groups attached to an aromatic ring is 1. The quantitative estimate of drug-likeness (QED) is 0.505. The molecule has 1 amide bonds. The summed E-state index contributed by atoms with van der Waals surface area (Å²) in [6, 6.07) is 7.21. The average molecular weight is 476 g/mol. The number of amides is 1. The van der Waals surface area contributed by atoms with Gasteiger partial charge in [-0.1, -0.05) is 13.3 Å². The third-order valence-corrected chi connectivity index (χ3v) is 5.28.